The first-order chi connectivity index (χ1) is 11.5. The summed E-state index contributed by atoms with van der Waals surface area (Å²) >= 11 is 5.59. The summed E-state index contributed by atoms with van der Waals surface area (Å²) < 4.78 is 2.10. The molecule has 2 aromatic carbocycles. The Morgan fingerprint density at radius 1 is 1.29 bits per heavy atom. The van der Waals surface area contributed by atoms with E-state index in [2.05, 4.69) is 49.2 Å². The molecule has 24 heavy (non-hydrogen) atoms. The average molecular weight is 496 g/mol. The first-order valence-corrected chi connectivity index (χ1v) is 9.02. The fourth-order valence-electron chi connectivity index (χ4n) is 1.98. The van der Waals surface area contributed by atoms with Gasteiger partial charge in [0.2, 0.25) is 0 Å². The SMILES string of the molecule is Cc1cc(I)ccc1NC(=O)/C(C#N)=C\NCc1ccc(Br)cc1. The largest absolute Gasteiger partial charge is 0.386 e. The molecule has 2 aromatic rings. The summed E-state index contributed by atoms with van der Waals surface area (Å²) in [5.74, 6) is -0.426. The summed E-state index contributed by atoms with van der Waals surface area (Å²) in [4.78, 5) is 12.2. The minimum absolute atomic E-state index is 0.0325. The molecule has 2 N–H and O–H groups in total. The van der Waals surface area contributed by atoms with Crippen molar-refractivity contribution >= 4 is 50.1 Å². The van der Waals surface area contributed by atoms with Crippen LogP contribution in [-0.2, 0) is 11.3 Å². The summed E-state index contributed by atoms with van der Waals surface area (Å²) in [5, 5.41) is 15.0. The number of rotatable bonds is 5. The van der Waals surface area contributed by atoms with Crippen LogP contribution in [0.3, 0.4) is 0 Å². The van der Waals surface area contributed by atoms with Gasteiger partial charge in [-0.3, -0.25) is 4.79 Å². The maximum absolute atomic E-state index is 12.2. The topological polar surface area (TPSA) is 64.9 Å². The number of aryl methyl sites for hydroxylation is 1. The first kappa shape index (κ1) is 18.5. The minimum Gasteiger partial charge on any atom is -0.386 e. The third kappa shape index (κ3) is 5.35. The van der Waals surface area contributed by atoms with Crippen molar-refractivity contribution in [2.75, 3.05) is 5.32 Å². The molecule has 0 radical (unpaired) electrons. The van der Waals surface area contributed by atoms with E-state index < -0.39 is 5.91 Å². The number of carbonyl (C=O) groups is 1. The molecular formula is C18H15BrIN3O. The third-order valence-corrected chi connectivity index (χ3v) is 4.47. The number of benzene rings is 2. The van der Waals surface area contributed by atoms with Crippen LogP contribution in [0.25, 0.3) is 0 Å². The molecule has 0 unspecified atom stereocenters. The molecule has 0 aromatic heterocycles. The van der Waals surface area contributed by atoms with Gasteiger partial charge in [0.15, 0.2) is 0 Å². The number of anilines is 1. The predicted molar refractivity (Wildman–Crippen MR) is 107 cm³/mol. The van der Waals surface area contributed by atoms with Gasteiger partial charge in [0.1, 0.15) is 11.6 Å². The Morgan fingerprint density at radius 3 is 2.62 bits per heavy atom. The van der Waals surface area contributed by atoms with E-state index in [1.165, 1.54) is 6.20 Å². The van der Waals surface area contributed by atoms with Crippen LogP contribution in [0, 0.1) is 21.8 Å². The Balaban J connectivity index is 2.00. The number of halogens is 2. The van der Waals surface area contributed by atoms with E-state index in [1.54, 1.807) is 0 Å². The summed E-state index contributed by atoms with van der Waals surface area (Å²) in [7, 11) is 0. The van der Waals surface area contributed by atoms with Crippen LogP contribution in [0.1, 0.15) is 11.1 Å². The molecule has 0 fully saturated rings. The van der Waals surface area contributed by atoms with E-state index >= 15 is 0 Å². The Morgan fingerprint density at radius 2 is 2.00 bits per heavy atom. The fraction of sp³-hybridized carbons (Fsp3) is 0.111. The predicted octanol–water partition coefficient (Wildman–Crippen LogP) is 4.50. The van der Waals surface area contributed by atoms with Gasteiger partial charge >= 0.3 is 0 Å². The van der Waals surface area contributed by atoms with Gasteiger partial charge in [0.25, 0.3) is 5.91 Å². The maximum Gasteiger partial charge on any atom is 0.267 e. The van der Waals surface area contributed by atoms with E-state index in [-0.39, 0.29) is 5.57 Å². The minimum atomic E-state index is -0.426. The van der Waals surface area contributed by atoms with E-state index in [0.717, 1.165) is 19.2 Å². The zero-order chi connectivity index (χ0) is 17.5. The average Bonchev–Trinajstić information content (AvgIpc) is 2.56. The molecule has 6 heteroatoms. The van der Waals surface area contributed by atoms with Crippen LogP contribution >= 0.6 is 38.5 Å². The Labute approximate surface area is 163 Å². The van der Waals surface area contributed by atoms with Crippen molar-refractivity contribution in [1.82, 2.24) is 5.32 Å². The van der Waals surface area contributed by atoms with Gasteiger partial charge < -0.3 is 10.6 Å². The van der Waals surface area contributed by atoms with Crippen LogP contribution in [0.15, 0.2) is 58.7 Å². The third-order valence-electron chi connectivity index (χ3n) is 3.27. The van der Waals surface area contributed by atoms with Crippen molar-refractivity contribution in [3.8, 4) is 6.07 Å². The lowest BCUT2D eigenvalue weighted by Gasteiger charge is -2.08. The van der Waals surface area contributed by atoms with Crippen LogP contribution in [0.2, 0.25) is 0 Å². The quantitative estimate of drug-likeness (QED) is 0.364. The standard InChI is InChI=1S/C18H15BrIN3O/c1-12-8-16(20)6-7-17(12)23-18(24)14(9-21)11-22-10-13-2-4-15(19)5-3-13/h2-8,11,22H,10H2,1H3,(H,23,24)/b14-11-. The molecule has 0 aliphatic carbocycles. The van der Waals surface area contributed by atoms with Crippen molar-refractivity contribution < 1.29 is 4.79 Å². The molecule has 2 rings (SSSR count). The molecule has 0 spiro atoms. The van der Waals surface area contributed by atoms with Gasteiger partial charge in [0.05, 0.1) is 0 Å². The first-order valence-electron chi connectivity index (χ1n) is 7.15. The van der Waals surface area contributed by atoms with E-state index in [1.807, 2.05) is 55.5 Å². The van der Waals surface area contributed by atoms with Crippen molar-refractivity contribution in [2.24, 2.45) is 0 Å². The van der Waals surface area contributed by atoms with Crippen LogP contribution < -0.4 is 10.6 Å². The summed E-state index contributed by atoms with van der Waals surface area (Å²) in [5.41, 5.74) is 2.75. The second-order valence-corrected chi connectivity index (χ2v) is 7.25. The second kappa shape index (κ2) is 8.85. The Kier molecular flexibility index (Phi) is 6.82. The molecule has 4 nitrogen and oxygen atoms in total. The summed E-state index contributed by atoms with van der Waals surface area (Å²) in [6.45, 7) is 2.45. The molecule has 0 bridgehead atoms. The monoisotopic (exact) mass is 495 g/mol. The van der Waals surface area contributed by atoms with Crippen LogP contribution in [0.5, 0.6) is 0 Å². The highest BCUT2D eigenvalue weighted by atomic mass is 127. The molecule has 122 valence electrons. The lowest BCUT2D eigenvalue weighted by molar-refractivity contribution is -0.112. The molecule has 0 saturated carbocycles. The number of hydrogen-bond acceptors (Lipinski definition) is 3. The lowest BCUT2D eigenvalue weighted by atomic mass is 10.2. The van der Waals surface area contributed by atoms with E-state index in [4.69, 9.17) is 0 Å². The molecule has 0 aliphatic heterocycles. The number of nitrogens with one attached hydrogen (secondary N) is 2. The highest BCUT2D eigenvalue weighted by molar-refractivity contribution is 14.1. The number of hydrogen-bond donors (Lipinski definition) is 2. The van der Waals surface area contributed by atoms with Gasteiger partial charge in [-0.25, -0.2) is 0 Å². The lowest BCUT2D eigenvalue weighted by Crippen LogP contribution is -2.17. The summed E-state index contributed by atoms with van der Waals surface area (Å²) in [6, 6.07) is 15.4. The molecule has 0 aliphatic rings. The van der Waals surface area contributed by atoms with Crippen molar-refractivity contribution in [2.45, 2.75) is 13.5 Å². The highest BCUT2D eigenvalue weighted by Crippen LogP contribution is 2.18. The smallest absolute Gasteiger partial charge is 0.267 e. The highest BCUT2D eigenvalue weighted by Gasteiger charge is 2.10. The zero-order valence-electron chi connectivity index (χ0n) is 12.9. The van der Waals surface area contributed by atoms with Crippen molar-refractivity contribution in [1.29, 1.82) is 5.26 Å². The normalized spacial score (nSPS) is 10.8. The summed E-state index contributed by atoms with van der Waals surface area (Å²) in [6.07, 6.45) is 1.44. The van der Waals surface area contributed by atoms with Crippen LogP contribution in [-0.4, -0.2) is 5.91 Å². The van der Waals surface area contributed by atoms with E-state index in [9.17, 15) is 10.1 Å². The molecule has 0 heterocycles. The molecule has 1 amide bonds. The second-order valence-electron chi connectivity index (χ2n) is 5.09. The van der Waals surface area contributed by atoms with E-state index in [0.29, 0.717) is 12.2 Å². The molecular weight excluding hydrogens is 481 g/mol. The number of amides is 1. The Hall–Kier alpha value is -1.85. The number of carbonyl (C=O) groups excluding carboxylic acids is 1. The number of nitriles is 1. The Bertz CT molecular complexity index is 810. The van der Waals surface area contributed by atoms with Gasteiger partial charge in [0, 0.05) is 26.5 Å². The number of nitrogens with zero attached hydrogens (tertiary/aromatic N) is 1. The van der Waals surface area contributed by atoms with Gasteiger partial charge in [-0.15, -0.1) is 0 Å². The van der Waals surface area contributed by atoms with Gasteiger partial charge in [-0.1, -0.05) is 28.1 Å². The van der Waals surface area contributed by atoms with Gasteiger partial charge in [-0.2, -0.15) is 5.26 Å². The van der Waals surface area contributed by atoms with Crippen molar-refractivity contribution in [3.63, 3.8) is 0 Å². The van der Waals surface area contributed by atoms with Crippen molar-refractivity contribution in [3.05, 3.63) is 73.4 Å². The zero-order valence-corrected chi connectivity index (χ0v) is 16.7. The maximum atomic E-state index is 12.2. The van der Waals surface area contributed by atoms with Crippen LogP contribution in [0.4, 0.5) is 5.69 Å². The molecule has 0 saturated heterocycles. The van der Waals surface area contributed by atoms with Gasteiger partial charge in [-0.05, 0) is 71.0 Å². The molecule has 0 atom stereocenters. The fourth-order valence-corrected chi connectivity index (χ4v) is 2.89.